The molecule has 0 saturated heterocycles. The highest BCUT2D eigenvalue weighted by molar-refractivity contribution is 7.22. The van der Waals surface area contributed by atoms with Crippen LogP contribution in [0.15, 0.2) is 66.4 Å². The minimum atomic E-state index is -0.0834. The van der Waals surface area contributed by atoms with Crippen LogP contribution in [0, 0.1) is 6.92 Å². The van der Waals surface area contributed by atoms with Gasteiger partial charge in [0.05, 0.1) is 32.5 Å². The third-order valence-corrected chi connectivity index (χ3v) is 6.48. The van der Waals surface area contributed by atoms with E-state index in [-0.39, 0.29) is 5.91 Å². The van der Waals surface area contributed by atoms with Gasteiger partial charge in [-0.2, -0.15) is 0 Å². The van der Waals surface area contributed by atoms with E-state index >= 15 is 0 Å². The number of hydrogen-bond acceptors (Lipinski definition) is 6. The molecule has 0 saturated carbocycles. The topological polar surface area (TPSA) is 59.0 Å². The lowest BCUT2D eigenvalue weighted by atomic mass is 10.1. The minimum Gasteiger partial charge on any atom is -0.279 e. The molecule has 0 aliphatic carbocycles. The molecule has 7 heteroatoms. The molecule has 5 rings (SSSR count). The van der Waals surface area contributed by atoms with Gasteiger partial charge in [-0.1, -0.05) is 23.5 Å². The molecule has 3 heterocycles. The summed E-state index contributed by atoms with van der Waals surface area (Å²) >= 11 is 3.06. The van der Waals surface area contributed by atoms with Gasteiger partial charge in [-0.05, 0) is 54.4 Å². The second kappa shape index (κ2) is 7.35. The number of aromatic nitrogens is 3. The SMILES string of the molecule is Cc1ccc2nc(N(Cc3cccnc3)C(=O)c3ccc4ncsc4c3)sc2c1. The zero-order valence-electron chi connectivity index (χ0n) is 15.6. The molecule has 0 unspecified atom stereocenters. The molecule has 29 heavy (non-hydrogen) atoms. The van der Waals surface area contributed by atoms with Crippen LogP contribution < -0.4 is 4.90 Å². The fraction of sp³-hybridized carbons (Fsp3) is 0.0909. The van der Waals surface area contributed by atoms with Crippen LogP contribution in [0.5, 0.6) is 0 Å². The third kappa shape index (κ3) is 3.50. The molecule has 0 aliphatic rings. The van der Waals surface area contributed by atoms with Crippen molar-refractivity contribution in [3.8, 4) is 0 Å². The van der Waals surface area contributed by atoms with Crippen LogP contribution in [0.1, 0.15) is 21.5 Å². The summed E-state index contributed by atoms with van der Waals surface area (Å²) < 4.78 is 2.07. The molecule has 1 amide bonds. The molecule has 5 aromatic rings. The number of rotatable bonds is 4. The van der Waals surface area contributed by atoms with Crippen molar-refractivity contribution in [3.63, 3.8) is 0 Å². The van der Waals surface area contributed by atoms with E-state index in [2.05, 4.69) is 23.0 Å². The van der Waals surface area contributed by atoms with Gasteiger partial charge in [0.2, 0.25) is 0 Å². The smallest absolute Gasteiger partial charge is 0.260 e. The number of amides is 1. The molecular weight excluding hydrogens is 400 g/mol. The maximum atomic E-state index is 13.5. The Hall–Kier alpha value is -3.16. The van der Waals surface area contributed by atoms with Crippen LogP contribution in [0.25, 0.3) is 20.4 Å². The van der Waals surface area contributed by atoms with E-state index in [1.165, 1.54) is 28.2 Å². The number of fused-ring (bicyclic) bond motifs is 2. The number of hydrogen-bond donors (Lipinski definition) is 0. The van der Waals surface area contributed by atoms with Gasteiger partial charge in [-0.15, -0.1) is 11.3 Å². The minimum absolute atomic E-state index is 0.0834. The first-order valence-corrected chi connectivity index (χ1v) is 10.8. The van der Waals surface area contributed by atoms with E-state index in [1.54, 1.807) is 22.8 Å². The van der Waals surface area contributed by atoms with Gasteiger partial charge < -0.3 is 0 Å². The average molecular weight is 417 g/mol. The predicted molar refractivity (Wildman–Crippen MR) is 119 cm³/mol. The van der Waals surface area contributed by atoms with Gasteiger partial charge >= 0.3 is 0 Å². The molecule has 3 aromatic heterocycles. The quantitative estimate of drug-likeness (QED) is 0.390. The molecule has 2 aromatic carbocycles. The van der Waals surface area contributed by atoms with Crippen LogP contribution in [0.3, 0.4) is 0 Å². The average Bonchev–Trinajstić information content (AvgIpc) is 3.38. The van der Waals surface area contributed by atoms with Gasteiger partial charge in [0, 0.05) is 18.0 Å². The molecule has 0 spiro atoms. The number of anilines is 1. The number of nitrogens with zero attached hydrogens (tertiary/aromatic N) is 4. The van der Waals surface area contributed by atoms with Gasteiger partial charge in [0.15, 0.2) is 5.13 Å². The largest absolute Gasteiger partial charge is 0.279 e. The highest BCUT2D eigenvalue weighted by atomic mass is 32.1. The van der Waals surface area contributed by atoms with Crippen LogP contribution >= 0.6 is 22.7 Å². The second-order valence-corrected chi connectivity index (χ2v) is 8.65. The van der Waals surface area contributed by atoms with Crippen molar-refractivity contribution < 1.29 is 4.79 Å². The summed E-state index contributed by atoms with van der Waals surface area (Å²) in [5.74, 6) is -0.0834. The number of thiazole rings is 2. The normalized spacial score (nSPS) is 11.2. The molecule has 0 fully saturated rings. The first kappa shape index (κ1) is 17.9. The Kier molecular flexibility index (Phi) is 4.54. The molecule has 0 N–H and O–H groups in total. The molecule has 5 nitrogen and oxygen atoms in total. The van der Waals surface area contributed by atoms with Crippen molar-refractivity contribution in [2.45, 2.75) is 13.5 Å². The maximum Gasteiger partial charge on any atom is 0.260 e. The standard InChI is InChI=1S/C22H16N4OS2/c1-14-4-6-18-20(9-14)29-22(25-18)26(12-15-3-2-8-23-11-15)21(27)16-5-7-17-19(10-16)28-13-24-17/h2-11,13H,12H2,1H3. The lowest BCUT2D eigenvalue weighted by molar-refractivity contribution is 0.0985. The molecule has 0 bridgehead atoms. The van der Waals surface area contributed by atoms with Crippen molar-refractivity contribution >= 4 is 54.1 Å². The summed E-state index contributed by atoms with van der Waals surface area (Å²) in [5.41, 5.74) is 6.35. The van der Waals surface area contributed by atoms with Gasteiger partial charge in [0.25, 0.3) is 5.91 Å². The first-order valence-electron chi connectivity index (χ1n) is 9.08. The Morgan fingerprint density at radius 1 is 1.07 bits per heavy atom. The Balaban J connectivity index is 1.59. The molecule has 0 aliphatic heterocycles. The van der Waals surface area contributed by atoms with Crippen LogP contribution in [-0.4, -0.2) is 20.9 Å². The van der Waals surface area contributed by atoms with Gasteiger partial charge in [0.1, 0.15) is 0 Å². The lowest BCUT2D eigenvalue weighted by Gasteiger charge is -2.20. The summed E-state index contributed by atoms with van der Waals surface area (Å²) in [6.07, 6.45) is 3.51. The van der Waals surface area contributed by atoms with Crippen molar-refractivity contribution in [2.24, 2.45) is 0 Å². The van der Waals surface area contributed by atoms with Crippen molar-refractivity contribution in [1.29, 1.82) is 0 Å². The Morgan fingerprint density at radius 2 is 1.97 bits per heavy atom. The highest BCUT2D eigenvalue weighted by Crippen LogP contribution is 2.32. The Labute approximate surface area is 175 Å². The van der Waals surface area contributed by atoms with Crippen LogP contribution in [-0.2, 0) is 6.54 Å². The zero-order valence-corrected chi connectivity index (χ0v) is 17.2. The van der Waals surface area contributed by atoms with E-state index < -0.39 is 0 Å². The van der Waals surface area contributed by atoms with E-state index in [0.29, 0.717) is 17.2 Å². The molecule has 0 radical (unpaired) electrons. The van der Waals surface area contributed by atoms with Gasteiger partial charge in [-0.3, -0.25) is 14.7 Å². The summed E-state index contributed by atoms with van der Waals surface area (Å²) in [4.78, 5) is 28.5. The summed E-state index contributed by atoms with van der Waals surface area (Å²) in [6.45, 7) is 2.47. The summed E-state index contributed by atoms with van der Waals surface area (Å²) in [5, 5.41) is 0.684. The Bertz CT molecular complexity index is 1330. The highest BCUT2D eigenvalue weighted by Gasteiger charge is 2.22. The zero-order chi connectivity index (χ0) is 19.8. The number of aryl methyl sites for hydroxylation is 1. The van der Waals surface area contributed by atoms with E-state index in [9.17, 15) is 4.79 Å². The fourth-order valence-electron chi connectivity index (χ4n) is 3.18. The number of carbonyl (C=O) groups is 1. The number of pyridine rings is 1. The van der Waals surface area contributed by atoms with Crippen molar-refractivity contribution in [1.82, 2.24) is 15.0 Å². The van der Waals surface area contributed by atoms with Crippen molar-refractivity contribution in [3.05, 3.63) is 83.1 Å². The van der Waals surface area contributed by atoms with E-state index in [4.69, 9.17) is 4.98 Å². The molecular formula is C22H16N4OS2. The van der Waals surface area contributed by atoms with Crippen molar-refractivity contribution in [2.75, 3.05) is 4.90 Å². The van der Waals surface area contributed by atoms with Gasteiger partial charge in [-0.25, -0.2) is 9.97 Å². The number of carbonyl (C=O) groups excluding carboxylic acids is 1. The first-order chi connectivity index (χ1) is 14.2. The van der Waals surface area contributed by atoms with Crippen LogP contribution in [0.4, 0.5) is 5.13 Å². The molecule has 142 valence electrons. The lowest BCUT2D eigenvalue weighted by Crippen LogP contribution is -2.30. The number of benzene rings is 2. The summed E-state index contributed by atoms with van der Waals surface area (Å²) in [6, 6.07) is 15.6. The molecule has 0 atom stereocenters. The monoisotopic (exact) mass is 416 g/mol. The summed E-state index contributed by atoms with van der Waals surface area (Å²) in [7, 11) is 0. The van der Waals surface area contributed by atoms with E-state index in [0.717, 1.165) is 26.0 Å². The fourth-order valence-corrected chi connectivity index (χ4v) is 4.96. The third-order valence-electron chi connectivity index (χ3n) is 4.65. The second-order valence-electron chi connectivity index (χ2n) is 6.76. The Morgan fingerprint density at radius 3 is 2.83 bits per heavy atom. The van der Waals surface area contributed by atoms with E-state index in [1.807, 2.05) is 42.5 Å². The maximum absolute atomic E-state index is 13.5. The van der Waals surface area contributed by atoms with Crippen LogP contribution in [0.2, 0.25) is 0 Å². The predicted octanol–water partition coefficient (Wildman–Crippen LogP) is 5.46.